The Morgan fingerprint density at radius 2 is 2.19 bits per heavy atom. The maximum absolute atomic E-state index is 10.6. The first-order valence-corrected chi connectivity index (χ1v) is 6.09. The van der Waals surface area contributed by atoms with Crippen molar-refractivity contribution in [1.29, 1.82) is 0 Å². The molecule has 0 fully saturated rings. The fraction of sp³-hybridized carbons (Fsp3) is 0.231. The first kappa shape index (κ1) is 11.0. The molecule has 82 valence electrons. The fourth-order valence-corrected chi connectivity index (χ4v) is 2.27. The van der Waals surface area contributed by atoms with Gasteiger partial charge in [-0.25, -0.2) is 4.98 Å². The van der Waals surface area contributed by atoms with Crippen LogP contribution in [0.15, 0.2) is 29.6 Å². The Labute approximate surface area is 99.0 Å². The van der Waals surface area contributed by atoms with Crippen molar-refractivity contribution in [3.63, 3.8) is 0 Å². The normalized spacial score (nSPS) is 10.7. The zero-order chi connectivity index (χ0) is 11.5. The predicted octanol–water partition coefficient (Wildman–Crippen LogP) is 3.75. The predicted molar refractivity (Wildman–Crippen MR) is 67.0 cm³/mol. The van der Waals surface area contributed by atoms with E-state index in [-0.39, 0.29) is 0 Å². The number of carbonyl (C=O) groups excluding carboxylic acids is 1. The summed E-state index contributed by atoms with van der Waals surface area (Å²) in [6, 6.07) is 8.31. The number of thiazole rings is 1. The molecule has 3 heteroatoms. The highest BCUT2D eigenvalue weighted by Gasteiger charge is 2.06. The summed E-state index contributed by atoms with van der Waals surface area (Å²) < 4.78 is 0. The van der Waals surface area contributed by atoms with Gasteiger partial charge in [0, 0.05) is 10.9 Å². The van der Waals surface area contributed by atoms with Crippen LogP contribution in [-0.4, -0.2) is 11.3 Å². The quantitative estimate of drug-likeness (QED) is 0.753. The minimum absolute atomic E-state index is 0.505. The van der Waals surface area contributed by atoms with Crippen molar-refractivity contribution in [3.05, 3.63) is 40.9 Å². The summed E-state index contributed by atoms with van der Waals surface area (Å²) in [5.41, 5.74) is 2.89. The van der Waals surface area contributed by atoms with Crippen molar-refractivity contribution in [1.82, 2.24) is 4.98 Å². The summed E-state index contributed by atoms with van der Waals surface area (Å²) in [6.45, 7) is 4.33. The molecule has 2 rings (SSSR count). The third-order valence-electron chi connectivity index (χ3n) is 2.44. The lowest BCUT2D eigenvalue weighted by atomic mass is 10.0. The zero-order valence-electron chi connectivity index (χ0n) is 9.31. The molecule has 0 aliphatic rings. The lowest BCUT2D eigenvalue weighted by Crippen LogP contribution is -1.87. The third kappa shape index (κ3) is 2.19. The van der Waals surface area contributed by atoms with E-state index in [9.17, 15) is 4.79 Å². The van der Waals surface area contributed by atoms with Gasteiger partial charge in [0.15, 0.2) is 6.29 Å². The van der Waals surface area contributed by atoms with Gasteiger partial charge in [0.25, 0.3) is 0 Å². The number of benzene rings is 1. The molecule has 0 spiro atoms. The lowest BCUT2D eigenvalue weighted by molar-refractivity contribution is 0.111. The molecule has 16 heavy (non-hydrogen) atoms. The van der Waals surface area contributed by atoms with Crippen molar-refractivity contribution < 1.29 is 4.79 Å². The Bertz CT molecular complexity index is 502. The van der Waals surface area contributed by atoms with E-state index >= 15 is 0 Å². The topological polar surface area (TPSA) is 30.0 Å². The van der Waals surface area contributed by atoms with Crippen LogP contribution < -0.4 is 0 Å². The van der Waals surface area contributed by atoms with Gasteiger partial charge in [0.05, 0.1) is 0 Å². The van der Waals surface area contributed by atoms with Gasteiger partial charge in [-0.1, -0.05) is 32.0 Å². The van der Waals surface area contributed by atoms with E-state index in [1.807, 2.05) is 12.1 Å². The number of carbonyl (C=O) groups is 1. The van der Waals surface area contributed by atoms with Crippen LogP contribution in [0.3, 0.4) is 0 Å². The first-order chi connectivity index (χ1) is 7.70. The van der Waals surface area contributed by atoms with Crippen LogP contribution in [0.1, 0.15) is 35.8 Å². The van der Waals surface area contributed by atoms with Gasteiger partial charge in [-0.3, -0.25) is 4.79 Å². The number of aromatic nitrogens is 1. The van der Waals surface area contributed by atoms with Crippen molar-refractivity contribution in [2.24, 2.45) is 0 Å². The highest BCUT2D eigenvalue weighted by molar-refractivity contribution is 7.13. The van der Waals surface area contributed by atoms with Crippen LogP contribution in [0, 0.1) is 0 Å². The van der Waals surface area contributed by atoms with E-state index < -0.39 is 0 Å². The molecular weight excluding hydrogens is 218 g/mol. The largest absolute Gasteiger partial charge is 0.296 e. The molecule has 0 radical (unpaired) electrons. The number of rotatable bonds is 3. The second kappa shape index (κ2) is 4.58. The van der Waals surface area contributed by atoms with Crippen molar-refractivity contribution >= 4 is 17.6 Å². The van der Waals surface area contributed by atoms with E-state index in [1.54, 1.807) is 5.38 Å². The van der Waals surface area contributed by atoms with Crippen LogP contribution in [0.25, 0.3) is 10.6 Å². The maximum Gasteiger partial charge on any atom is 0.169 e. The molecule has 1 aromatic carbocycles. The monoisotopic (exact) mass is 231 g/mol. The summed E-state index contributed by atoms with van der Waals surface area (Å²) in [5, 5.41) is 2.69. The minimum atomic E-state index is 0.505. The van der Waals surface area contributed by atoms with Gasteiger partial charge >= 0.3 is 0 Å². The number of nitrogens with zero attached hydrogens (tertiary/aromatic N) is 1. The highest BCUT2D eigenvalue weighted by atomic mass is 32.1. The molecule has 2 aromatic rings. The van der Waals surface area contributed by atoms with E-state index in [0.29, 0.717) is 11.6 Å². The molecule has 0 aliphatic carbocycles. The van der Waals surface area contributed by atoms with Gasteiger partial charge in [-0.2, -0.15) is 0 Å². The fourth-order valence-electron chi connectivity index (χ4n) is 1.50. The molecule has 0 amide bonds. The Morgan fingerprint density at radius 1 is 1.38 bits per heavy atom. The van der Waals surface area contributed by atoms with Gasteiger partial charge in [0.2, 0.25) is 0 Å². The van der Waals surface area contributed by atoms with E-state index in [4.69, 9.17) is 0 Å². The molecule has 0 unspecified atom stereocenters. The van der Waals surface area contributed by atoms with E-state index in [1.165, 1.54) is 16.9 Å². The lowest BCUT2D eigenvalue weighted by Gasteiger charge is -2.06. The molecule has 0 saturated carbocycles. The molecule has 0 aliphatic heterocycles. The second-order valence-corrected chi connectivity index (χ2v) is 4.83. The second-order valence-electron chi connectivity index (χ2n) is 3.98. The van der Waals surface area contributed by atoms with E-state index in [2.05, 4.69) is 31.0 Å². The van der Waals surface area contributed by atoms with Crippen molar-refractivity contribution in [3.8, 4) is 10.6 Å². The van der Waals surface area contributed by atoms with Gasteiger partial charge < -0.3 is 0 Å². The highest BCUT2D eigenvalue weighted by Crippen LogP contribution is 2.26. The molecular formula is C13H13NOS. The van der Waals surface area contributed by atoms with Crippen LogP contribution in [0.2, 0.25) is 0 Å². The summed E-state index contributed by atoms with van der Waals surface area (Å²) >= 11 is 1.51. The van der Waals surface area contributed by atoms with E-state index in [0.717, 1.165) is 16.9 Å². The number of aldehydes is 1. The van der Waals surface area contributed by atoms with Crippen molar-refractivity contribution in [2.45, 2.75) is 19.8 Å². The SMILES string of the molecule is CC(C)c1cccc(-c2nc(C=O)cs2)c1. The Kier molecular flexibility index (Phi) is 3.15. The van der Waals surface area contributed by atoms with Gasteiger partial charge in [-0.15, -0.1) is 11.3 Å². The molecule has 0 bridgehead atoms. The maximum atomic E-state index is 10.6. The number of hydrogen-bond acceptors (Lipinski definition) is 3. The molecule has 0 N–H and O–H groups in total. The Hall–Kier alpha value is -1.48. The summed E-state index contributed by atoms with van der Waals surface area (Å²) in [4.78, 5) is 14.8. The zero-order valence-corrected chi connectivity index (χ0v) is 10.1. The van der Waals surface area contributed by atoms with Crippen LogP contribution in [0.5, 0.6) is 0 Å². The molecule has 1 heterocycles. The molecule has 1 aromatic heterocycles. The van der Waals surface area contributed by atoms with Gasteiger partial charge in [0.1, 0.15) is 10.7 Å². The average molecular weight is 231 g/mol. The van der Waals surface area contributed by atoms with Crippen molar-refractivity contribution in [2.75, 3.05) is 0 Å². The Balaban J connectivity index is 2.39. The van der Waals surface area contributed by atoms with Crippen LogP contribution in [0.4, 0.5) is 0 Å². The summed E-state index contributed by atoms with van der Waals surface area (Å²) in [5.74, 6) is 0.505. The van der Waals surface area contributed by atoms with Crippen LogP contribution >= 0.6 is 11.3 Å². The minimum Gasteiger partial charge on any atom is -0.296 e. The average Bonchev–Trinajstić information content (AvgIpc) is 2.77. The standard InChI is InChI=1S/C13H13NOS/c1-9(2)10-4-3-5-11(6-10)13-14-12(7-15)8-16-13/h3-9H,1-2H3. The van der Waals surface area contributed by atoms with Gasteiger partial charge in [-0.05, 0) is 17.5 Å². The number of hydrogen-bond donors (Lipinski definition) is 0. The smallest absolute Gasteiger partial charge is 0.169 e. The van der Waals surface area contributed by atoms with Crippen LogP contribution in [-0.2, 0) is 0 Å². The third-order valence-corrected chi connectivity index (χ3v) is 3.35. The summed E-state index contributed by atoms with van der Waals surface area (Å²) in [6.07, 6.45) is 0.784. The Morgan fingerprint density at radius 3 is 2.81 bits per heavy atom. The molecule has 0 saturated heterocycles. The molecule has 0 atom stereocenters. The summed E-state index contributed by atoms with van der Waals surface area (Å²) in [7, 11) is 0. The molecule has 2 nitrogen and oxygen atoms in total. The first-order valence-electron chi connectivity index (χ1n) is 5.21.